The summed E-state index contributed by atoms with van der Waals surface area (Å²) in [5, 5.41) is 22.4. The molecule has 4 heteroatoms. The standard InChI is InChI=1S/C25H26ClNO2/c1-25(2,15-18-10-11-19-6-3-4-7-20(19)14-18)13-12-21(28)17-29-24-9-5-8-23(26)22(24)16-27/h3-11,14,21,28H,12-13,15,17H2,1-2H3/t21-/m1/s1. The first-order valence-electron chi connectivity index (χ1n) is 9.85. The highest BCUT2D eigenvalue weighted by atomic mass is 35.5. The van der Waals surface area contributed by atoms with E-state index >= 15 is 0 Å². The molecule has 0 aliphatic carbocycles. The average molecular weight is 408 g/mol. The second-order valence-electron chi connectivity index (χ2n) is 8.25. The zero-order valence-electron chi connectivity index (χ0n) is 16.9. The van der Waals surface area contributed by atoms with Crippen LogP contribution >= 0.6 is 11.6 Å². The molecule has 0 saturated heterocycles. The molecule has 0 radical (unpaired) electrons. The molecule has 3 rings (SSSR count). The number of nitrogens with zero attached hydrogens (tertiary/aromatic N) is 1. The van der Waals surface area contributed by atoms with E-state index in [1.54, 1.807) is 18.2 Å². The molecule has 3 nitrogen and oxygen atoms in total. The number of rotatable bonds is 8. The van der Waals surface area contributed by atoms with Crippen molar-refractivity contribution in [3.05, 3.63) is 76.8 Å². The Bertz CT molecular complexity index is 1020. The van der Waals surface area contributed by atoms with Crippen molar-refractivity contribution >= 4 is 22.4 Å². The van der Waals surface area contributed by atoms with Gasteiger partial charge in [0, 0.05) is 0 Å². The van der Waals surface area contributed by atoms with E-state index in [0.717, 1.165) is 12.8 Å². The van der Waals surface area contributed by atoms with Gasteiger partial charge in [0.15, 0.2) is 0 Å². The minimum Gasteiger partial charge on any atom is -0.489 e. The van der Waals surface area contributed by atoms with Crippen LogP contribution in [0.1, 0.15) is 37.8 Å². The van der Waals surface area contributed by atoms with Gasteiger partial charge in [0.2, 0.25) is 0 Å². The zero-order valence-corrected chi connectivity index (χ0v) is 17.6. The molecule has 29 heavy (non-hydrogen) atoms. The summed E-state index contributed by atoms with van der Waals surface area (Å²) in [5.41, 5.74) is 1.66. The number of halogens is 1. The van der Waals surface area contributed by atoms with Gasteiger partial charge in [0.25, 0.3) is 0 Å². The topological polar surface area (TPSA) is 53.2 Å². The van der Waals surface area contributed by atoms with E-state index in [1.165, 1.54) is 16.3 Å². The van der Waals surface area contributed by atoms with E-state index in [-0.39, 0.29) is 12.0 Å². The van der Waals surface area contributed by atoms with Crippen molar-refractivity contribution in [2.45, 2.75) is 39.2 Å². The van der Waals surface area contributed by atoms with Crippen molar-refractivity contribution in [1.82, 2.24) is 0 Å². The fraction of sp³-hybridized carbons (Fsp3) is 0.320. The van der Waals surface area contributed by atoms with Crippen LogP contribution in [0, 0.1) is 16.7 Å². The fourth-order valence-electron chi connectivity index (χ4n) is 3.55. The Hall–Kier alpha value is -2.54. The van der Waals surface area contributed by atoms with Gasteiger partial charge in [-0.3, -0.25) is 0 Å². The first kappa shape index (κ1) is 21.2. The number of aliphatic hydroxyl groups is 1. The Morgan fingerprint density at radius 3 is 2.59 bits per heavy atom. The number of fused-ring (bicyclic) bond motifs is 1. The molecule has 0 aliphatic heterocycles. The molecule has 3 aromatic rings. The quantitative estimate of drug-likeness (QED) is 0.487. The summed E-state index contributed by atoms with van der Waals surface area (Å²) in [7, 11) is 0. The number of hydrogen-bond donors (Lipinski definition) is 1. The Balaban J connectivity index is 1.54. The lowest BCUT2D eigenvalue weighted by molar-refractivity contribution is 0.0869. The lowest BCUT2D eigenvalue weighted by Gasteiger charge is -2.26. The summed E-state index contributed by atoms with van der Waals surface area (Å²) < 4.78 is 5.65. The van der Waals surface area contributed by atoms with Crippen molar-refractivity contribution in [1.29, 1.82) is 5.26 Å². The van der Waals surface area contributed by atoms with Crippen LogP contribution in [-0.4, -0.2) is 17.8 Å². The number of hydrogen-bond acceptors (Lipinski definition) is 3. The van der Waals surface area contributed by atoms with Gasteiger partial charge < -0.3 is 9.84 Å². The van der Waals surface area contributed by atoms with Gasteiger partial charge in [-0.15, -0.1) is 0 Å². The van der Waals surface area contributed by atoms with Crippen molar-refractivity contribution < 1.29 is 9.84 Å². The van der Waals surface area contributed by atoms with E-state index in [1.807, 2.05) is 6.07 Å². The summed E-state index contributed by atoms with van der Waals surface area (Å²) in [6.07, 6.45) is 1.84. The first-order chi connectivity index (χ1) is 13.9. The van der Waals surface area contributed by atoms with E-state index in [0.29, 0.717) is 22.8 Å². The average Bonchev–Trinajstić information content (AvgIpc) is 2.70. The van der Waals surface area contributed by atoms with Gasteiger partial charge in [0.05, 0.1) is 11.1 Å². The van der Waals surface area contributed by atoms with Gasteiger partial charge >= 0.3 is 0 Å². The lowest BCUT2D eigenvalue weighted by atomic mass is 9.80. The second kappa shape index (κ2) is 9.31. The van der Waals surface area contributed by atoms with Crippen LogP contribution in [0.3, 0.4) is 0 Å². The summed E-state index contributed by atoms with van der Waals surface area (Å²) in [6.45, 7) is 4.59. The second-order valence-corrected chi connectivity index (χ2v) is 8.66. The highest BCUT2D eigenvalue weighted by molar-refractivity contribution is 6.31. The van der Waals surface area contributed by atoms with Gasteiger partial charge in [-0.1, -0.05) is 74.0 Å². The van der Waals surface area contributed by atoms with E-state index in [9.17, 15) is 10.4 Å². The van der Waals surface area contributed by atoms with Crippen LogP contribution in [0.25, 0.3) is 10.8 Å². The monoisotopic (exact) mass is 407 g/mol. The Morgan fingerprint density at radius 1 is 1.07 bits per heavy atom. The molecule has 0 heterocycles. The summed E-state index contributed by atoms with van der Waals surface area (Å²) in [5.74, 6) is 0.412. The minimum absolute atomic E-state index is 0.0529. The van der Waals surface area contributed by atoms with E-state index < -0.39 is 6.10 Å². The molecule has 0 aromatic heterocycles. The minimum atomic E-state index is -0.601. The highest BCUT2D eigenvalue weighted by Gasteiger charge is 2.21. The molecule has 0 aliphatic rings. The SMILES string of the molecule is CC(C)(CC[C@@H](O)COc1cccc(Cl)c1C#N)Cc1ccc2ccccc2c1. The third kappa shape index (κ3) is 5.73. The Morgan fingerprint density at radius 2 is 1.83 bits per heavy atom. The maximum atomic E-state index is 10.4. The van der Waals surface area contributed by atoms with Gasteiger partial charge in [-0.2, -0.15) is 5.26 Å². The fourth-order valence-corrected chi connectivity index (χ4v) is 3.76. The maximum Gasteiger partial charge on any atom is 0.138 e. The Labute approximate surface area is 177 Å². The molecule has 0 amide bonds. The number of benzene rings is 3. The van der Waals surface area contributed by atoms with Crippen LogP contribution in [0.4, 0.5) is 0 Å². The summed E-state index contributed by atoms with van der Waals surface area (Å²) in [6, 6.07) is 22.1. The predicted octanol–water partition coefficient (Wildman–Crippen LogP) is 6.15. The molecule has 0 spiro atoms. The molecule has 3 aromatic carbocycles. The van der Waals surface area contributed by atoms with E-state index in [4.69, 9.17) is 16.3 Å². The molecular weight excluding hydrogens is 382 g/mol. The van der Waals surface area contributed by atoms with Crippen LogP contribution in [0.2, 0.25) is 5.02 Å². The molecule has 0 fully saturated rings. The number of aliphatic hydroxyl groups excluding tert-OH is 1. The molecule has 0 saturated carbocycles. The van der Waals surface area contributed by atoms with Crippen molar-refractivity contribution in [2.75, 3.05) is 6.61 Å². The van der Waals surface area contributed by atoms with Crippen LogP contribution in [0.5, 0.6) is 5.75 Å². The molecule has 1 atom stereocenters. The smallest absolute Gasteiger partial charge is 0.138 e. The third-order valence-electron chi connectivity index (χ3n) is 5.17. The van der Waals surface area contributed by atoms with Gasteiger partial charge in [-0.25, -0.2) is 0 Å². The first-order valence-corrected chi connectivity index (χ1v) is 10.2. The molecule has 1 N–H and O–H groups in total. The van der Waals surface area contributed by atoms with Crippen molar-refractivity contribution in [2.24, 2.45) is 5.41 Å². The van der Waals surface area contributed by atoms with Crippen molar-refractivity contribution in [3.63, 3.8) is 0 Å². The maximum absolute atomic E-state index is 10.4. The largest absolute Gasteiger partial charge is 0.489 e. The van der Waals surface area contributed by atoms with Crippen LogP contribution < -0.4 is 4.74 Å². The number of ether oxygens (including phenoxy) is 1. The lowest BCUT2D eigenvalue weighted by Crippen LogP contribution is -2.23. The molecule has 150 valence electrons. The van der Waals surface area contributed by atoms with E-state index in [2.05, 4.69) is 56.3 Å². The predicted molar refractivity (Wildman–Crippen MR) is 118 cm³/mol. The summed E-state index contributed by atoms with van der Waals surface area (Å²) in [4.78, 5) is 0. The van der Waals surface area contributed by atoms with Crippen molar-refractivity contribution in [3.8, 4) is 11.8 Å². The summed E-state index contributed by atoms with van der Waals surface area (Å²) >= 11 is 6.01. The number of nitriles is 1. The highest BCUT2D eigenvalue weighted by Crippen LogP contribution is 2.30. The van der Waals surface area contributed by atoms with Crippen LogP contribution in [0.15, 0.2) is 60.7 Å². The van der Waals surface area contributed by atoms with Gasteiger partial charge in [-0.05, 0) is 53.1 Å². The molecule has 0 unspecified atom stereocenters. The zero-order chi connectivity index (χ0) is 20.9. The third-order valence-corrected chi connectivity index (χ3v) is 5.48. The normalized spacial score (nSPS) is 12.5. The van der Waals surface area contributed by atoms with Gasteiger partial charge in [0.1, 0.15) is 24.0 Å². The van der Waals surface area contributed by atoms with Crippen LogP contribution in [-0.2, 0) is 6.42 Å². The molecule has 0 bridgehead atoms. The molecular formula is C25H26ClNO2. The Kier molecular flexibility index (Phi) is 6.79.